The van der Waals surface area contributed by atoms with Crippen LogP contribution in [0.1, 0.15) is 32.6 Å². The number of nitrogens with zero attached hydrogens (tertiary/aromatic N) is 1. The Morgan fingerprint density at radius 2 is 1.92 bits per heavy atom. The molecule has 0 N–H and O–H groups in total. The lowest BCUT2D eigenvalue weighted by atomic mass is 9.90. The Labute approximate surface area is 77.1 Å². The molecule has 0 aromatic heterocycles. The van der Waals surface area contributed by atoms with Gasteiger partial charge in [0.1, 0.15) is 0 Å². The van der Waals surface area contributed by atoms with Crippen molar-refractivity contribution in [1.29, 1.82) is 0 Å². The van der Waals surface area contributed by atoms with Crippen LogP contribution in [0.25, 0.3) is 0 Å². The van der Waals surface area contributed by atoms with E-state index in [0.29, 0.717) is 6.54 Å². The van der Waals surface area contributed by atoms with E-state index >= 15 is 0 Å². The van der Waals surface area contributed by atoms with Gasteiger partial charge in [-0.3, -0.25) is 4.90 Å². The minimum absolute atomic E-state index is 0.111. The molecule has 2 aliphatic heterocycles. The van der Waals surface area contributed by atoms with Crippen molar-refractivity contribution in [2.24, 2.45) is 5.41 Å². The average Bonchev–Trinajstić information content (AvgIpc) is 2.32. The van der Waals surface area contributed by atoms with Crippen LogP contribution in [-0.2, 0) is 0 Å². The molecule has 2 heterocycles. The van der Waals surface area contributed by atoms with Gasteiger partial charge in [0.15, 0.2) is 0 Å². The van der Waals surface area contributed by atoms with Gasteiger partial charge >= 0.3 is 0 Å². The summed E-state index contributed by atoms with van der Waals surface area (Å²) in [5.74, 6) is -2.35. The fourth-order valence-corrected chi connectivity index (χ4v) is 3.44. The Bertz CT molecular complexity index is 266. The first-order chi connectivity index (χ1) is 5.98. The van der Waals surface area contributed by atoms with E-state index in [9.17, 15) is 8.78 Å². The minimum atomic E-state index is -2.35. The molecule has 3 heteroatoms. The summed E-state index contributed by atoms with van der Waals surface area (Å²) >= 11 is 0. The van der Waals surface area contributed by atoms with Gasteiger partial charge in [0.2, 0.25) is 0 Å². The van der Waals surface area contributed by atoms with Crippen molar-refractivity contribution >= 4 is 0 Å². The maximum Gasteiger partial charge on any atom is 0.255 e. The van der Waals surface area contributed by atoms with Gasteiger partial charge in [0, 0.05) is 18.5 Å². The standard InChI is InChI=1S/C10H15F2N/c1-8-3-2-4-13(8)7-9(5-8)6-10(9,11)12/h2-7H2,1H3/t8-,9?/m0/s1. The third kappa shape index (κ3) is 0.841. The molecule has 0 amide bonds. The van der Waals surface area contributed by atoms with E-state index < -0.39 is 11.3 Å². The van der Waals surface area contributed by atoms with Gasteiger partial charge in [-0.05, 0) is 32.7 Å². The van der Waals surface area contributed by atoms with E-state index in [4.69, 9.17) is 0 Å². The zero-order valence-electron chi connectivity index (χ0n) is 7.95. The Morgan fingerprint density at radius 3 is 2.46 bits per heavy atom. The molecule has 2 saturated heterocycles. The van der Waals surface area contributed by atoms with E-state index in [0.717, 1.165) is 19.4 Å². The smallest absolute Gasteiger partial charge is 0.255 e. The van der Waals surface area contributed by atoms with E-state index in [1.54, 1.807) is 0 Å². The van der Waals surface area contributed by atoms with Crippen LogP contribution in [0.5, 0.6) is 0 Å². The fraction of sp³-hybridized carbons (Fsp3) is 1.00. The zero-order valence-corrected chi connectivity index (χ0v) is 7.95. The molecular weight excluding hydrogens is 172 g/mol. The summed E-state index contributed by atoms with van der Waals surface area (Å²) in [6.07, 6.45) is 3.18. The van der Waals surface area contributed by atoms with E-state index in [1.165, 1.54) is 6.42 Å². The Morgan fingerprint density at radius 1 is 1.23 bits per heavy atom. The largest absolute Gasteiger partial charge is 0.297 e. The highest BCUT2D eigenvalue weighted by Crippen LogP contribution is 2.69. The second kappa shape index (κ2) is 1.92. The summed E-state index contributed by atoms with van der Waals surface area (Å²) in [6.45, 7) is 3.84. The summed E-state index contributed by atoms with van der Waals surface area (Å²) in [5.41, 5.74) is -0.498. The SMILES string of the molecule is C[C@@]12CCCN1CC1(CC1(F)F)C2. The van der Waals surface area contributed by atoms with Crippen LogP contribution in [0, 0.1) is 5.41 Å². The highest BCUT2D eigenvalue weighted by molar-refractivity contribution is 5.20. The molecule has 0 bridgehead atoms. The van der Waals surface area contributed by atoms with Gasteiger partial charge in [0.05, 0.1) is 5.41 Å². The van der Waals surface area contributed by atoms with Gasteiger partial charge < -0.3 is 0 Å². The van der Waals surface area contributed by atoms with Crippen LogP contribution in [0.4, 0.5) is 8.78 Å². The normalized spacial score (nSPS) is 52.8. The van der Waals surface area contributed by atoms with Crippen molar-refractivity contribution in [2.45, 2.75) is 44.1 Å². The molecule has 3 fully saturated rings. The minimum Gasteiger partial charge on any atom is -0.297 e. The molecule has 3 aliphatic rings. The molecule has 0 aromatic rings. The van der Waals surface area contributed by atoms with Crippen LogP contribution < -0.4 is 0 Å². The van der Waals surface area contributed by atoms with Crippen molar-refractivity contribution in [3.05, 3.63) is 0 Å². The Hall–Kier alpha value is -0.180. The Balaban J connectivity index is 1.87. The molecule has 13 heavy (non-hydrogen) atoms. The summed E-state index contributed by atoms with van der Waals surface area (Å²) in [5, 5.41) is 0. The summed E-state index contributed by atoms with van der Waals surface area (Å²) < 4.78 is 26.3. The second-order valence-corrected chi connectivity index (χ2v) is 5.36. The third-order valence-corrected chi connectivity index (χ3v) is 4.33. The number of fused-ring (bicyclic) bond motifs is 1. The molecule has 3 rings (SSSR count). The number of hydrogen-bond donors (Lipinski definition) is 0. The maximum atomic E-state index is 13.1. The molecule has 0 radical (unpaired) electrons. The van der Waals surface area contributed by atoms with Crippen molar-refractivity contribution in [3.63, 3.8) is 0 Å². The average molecular weight is 187 g/mol. The lowest BCUT2D eigenvalue weighted by molar-refractivity contribution is 0.0657. The first-order valence-electron chi connectivity index (χ1n) is 5.11. The topological polar surface area (TPSA) is 3.24 Å². The quantitative estimate of drug-likeness (QED) is 0.562. The molecule has 1 aliphatic carbocycles. The van der Waals surface area contributed by atoms with Crippen molar-refractivity contribution in [3.8, 4) is 0 Å². The molecular formula is C10H15F2N. The molecule has 2 atom stereocenters. The first-order valence-corrected chi connectivity index (χ1v) is 5.11. The number of hydrogen-bond acceptors (Lipinski definition) is 1. The monoisotopic (exact) mass is 187 g/mol. The van der Waals surface area contributed by atoms with Crippen LogP contribution in [0.3, 0.4) is 0 Å². The van der Waals surface area contributed by atoms with E-state index in [-0.39, 0.29) is 12.0 Å². The molecule has 1 saturated carbocycles. The Kier molecular flexibility index (Phi) is 1.21. The van der Waals surface area contributed by atoms with Crippen molar-refractivity contribution in [2.75, 3.05) is 13.1 Å². The van der Waals surface area contributed by atoms with Gasteiger partial charge in [-0.15, -0.1) is 0 Å². The number of halogens is 2. The van der Waals surface area contributed by atoms with Crippen LogP contribution in [0.15, 0.2) is 0 Å². The molecule has 0 aromatic carbocycles. The lowest BCUT2D eigenvalue weighted by Gasteiger charge is -2.26. The fourth-order valence-electron chi connectivity index (χ4n) is 3.44. The van der Waals surface area contributed by atoms with Crippen molar-refractivity contribution < 1.29 is 8.78 Å². The van der Waals surface area contributed by atoms with Crippen LogP contribution in [-0.4, -0.2) is 29.5 Å². The van der Waals surface area contributed by atoms with Gasteiger partial charge in [-0.1, -0.05) is 0 Å². The summed E-state index contributed by atoms with van der Waals surface area (Å²) in [6, 6.07) is 0. The lowest BCUT2D eigenvalue weighted by Crippen LogP contribution is -2.34. The van der Waals surface area contributed by atoms with E-state index in [1.807, 2.05) is 0 Å². The first kappa shape index (κ1) is 8.16. The van der Waals surface area contributed by atoms with Crippen LogP contribution >= 0.6 is 0 Å². The molecule has 74 valence electrons. The number of rotatable bonds is 0. The molecule has 1 spiro atoms. The van der Waals surface area contributed by atoms with Gasteiger partial charge in [-0.25, -0.2) is 8.78 Å². The highest BCUT2D eigenvalue weighted by Gasteiger charge is 2.76. The third-order valence-electron chi connectivity index (χ3n) is 4.33. The van der Waals surface area contributed by atoms with Gasteiger partial charge in [-0.2, -0.15) is 0 Å². The van der Waals surface area contributed by atoms with Gasteiger partial charge in [0.25, 0.3) is 5.92 Å². The van der Waals surface area contributed by atoms with E-state index in [2.05, 4.69) is 11.8 Å². The number of alkyl halides is 2. The maximum absolute atomic E-state index is 13.1. The van der Waals surface area contributed by atoms with Crippen molar-refractivity contribution in [1.82, 2.24) is 4.90 Å². The second-order valence-electron chi connectivity index (χ2n) is 5.36. The highest BCUT2D eigenvalue weighted by atomic mass is 19.3. The zero-order chi connectivity index (χ0) is 9.32. The summed E-state index contributed by atoms with van der Waals surface area (Å²) in [7, 11) is 0. The van der Waals surface area contributed by atoms with Crippen LogP contribution in [0.2, 0.25) is 0 Å². The predicted octanol–water partition coefficient (Wildman–Crippen LogP) is 2.27. The molecule has 1 unspecified atom stereocenters. The predicted molar refractivity (Wildman–Crippen MR) is 45.8 cm³/mol. The summed E-state index contributed by atoms with van der Waals surface area (Å²) in [4.78, 5) is 2.29. The molecule has 1 nitrogen and oxygen atoms in total.